The van der Waals surface area contributed by atoms with E-state index in [1.807, 2.05) is 0 Å². The van der Waals surface area contributed by atoms with Gasteiger partial charge in [-0.1, -0.05) is 5.21 Å². The van der Waals surface area contributed by atoms with Crippen LogP contribution in [-0.4, -0.2) is 43.9 Å². The summed E-state index contributed by atoms with van der Waals surface area (Å²) in [4.78, 5) is 16.9. The zero-order valence-electron chi connectivity index (χ0n) is 10.7. The molecule has 0 aromatic carbocycles. The zero-order valence-corrected chi connectivity index (χ0v) is 10.7. The van der Waals surface area contributed by atoms with Gasteiger partial charge in [0.05, 0.1) is 17.8 Å². The third-order valence-corrected chi connectivity index (χ3v) is 3.27. The second-order valence-corrected chi connectivity index (χ2v) is 4.68. The maximum atomic E-state index is 12.4. The number of halogens is 3. The van der Waals surface area contributed by atoms with E-state index in [1.165, 1.54) is 4.90 Å². The molecular formula is C12H10F3N5O. The first-order valence-electron chi connectivity index (χ1n) is 6.13. The van der Waals surface area contributed by atoms with Gasteiger partial charge >= 0.3 is 6.18 Å². The summed E-state index contributed by atoms with van der Waals surface area (Å²) < 4.78 is 38.8. The highest BCUT2D eigenvalue weighted by Crippen LogP contribution is 2.28. The molecule has 9 heteroatoms. The number of amides is 1. The Labute approximate surface area is 117 Å². The minimum atomic E-state index is -4.50. The van der Waals surface area contributed by atoms with Crippen LogP contribution in [0.1, 0.15) is 22.1 Å². The van der Waals surface area contributed by atoms with Crippen molar-refractivity contribution in [2.24, 2.45) is 0 Å². The van der Waals surface area contributed by atoms with Gasteiger partial charge in [-0.25, -0.2) is 4.68 Å². The normalized spacial score (nSPS) is 15.9. The number of carbonyl (C=O) groups excluding carboxylic acids is 1. The molecule has 2 aromatic heterocycles. The highest BCUT2D eigenvalue weighted by Gasteiger charge is 2.35. The minimum absolute atomic E-state index is 0.0545. The first-order valence-corrected chi connectivity index (χ1v) is 6.13. The smallest absolute Gasteiger partial charge is 0.334 e. The predicted molar refractivity (Wildman–Crippen MR) is 64.2 cm³/mol. The van der Waals surface area contributed by atoms with Gasteiger partial charge in [0.2, 0.25) is 0 Å². The van der Waals surface area contributed by atoms with E-state index in [1.54, 1.807) is 17.1 Å². The van der Waals surface area contributed by atoms with Crippen molar-refractivity contribution in [3.05, 3.63) is 42.0 Å². The van der Waals surface area contributed by atoms with Gasteiger partial charge in [0.15, 0.2) is 0 Å². The number of hydrogen-bond donors (Lipinski definition) is 0. The molecule has 2 aromatic rings. The number of nitrogens with zero attached hydrogens (tertiary/aromatic N) is 5. The van der Waals surface area contributed by atoms with Gasteiger partial charge in [-0.15, -0.1) is 5.10 Å². The van der Waals surface area contributed by atoms with Crippen LogP contribution < -0.4 is 0 Å². The Morgan fingerprint density at radius 2 is 2.05 bits per heavy atom. The Morgan fingerprint density at radius 3 is 2.57 bits per heavy atom. The molecule has 1 saturated heterocycles. The third-order valence-electron chi connectivity index (χ3n) is 3.27. The van der Waals surface area contributed by atoms with Crippen molar-refractivity contribution in [1.82, 2.24) is 24.9 Å². The Bertz CT molecular complexity index is 632. The van der Waals surface area contributed by atoms with Crippen molar-refractivity contribution in [3.63, 3.8) is 0 Å². The Hall–Kier alpha value is -2.45. The molecule has 0 aliphatic carbocycles. The highest BCUT2D eigenvalue weighted by molar-refractivity contribution is 5.94. The van der Waals surface area contributed by atoms with E-state index in [0.29, 0.717) is 13.1 Å². The Morgan fingerprint density at radius 1 is 1.29 bits per heavy atom. The van der Waals surface area contributed by atoms with Crippen molar-refractivity contribution in [1.29, 1.82) is 0 Å². The minimum Gasteiger partial charge on any atom is -0.334 e. The second-order valence-electron chi connectivity index (χ2n) is 4.68. The van der Waals surface area contributed by atoms with Crippen molar-refractivity contribution in [2.45, 2.75) is 12.2 Å². The molecule has 3 rings (SSSR count). The van der Waals surface area contributed by atoms with Gasteiger partial charge in [-0.2, -0.15) is 13.2 Å². The summed E-state index contributed by atoms with van der Waals surface area (Å²) in [7, 11) is 0. The summed E-state index contributed by atoms with van der Waals surface area (Å²) in [5.74, 6) is -0.340. The number of hydrogen-bond acceptors (Lipinski definition) is 4. The maximum absolute atomic E-state index is 12.4. The molecule has 0 radical (unpaired) electrons. The van der Waals surface area contributed by atoms with E-state index in [4.69, 9.17) is 0 Å². The molecule has 0 unspecified atom stereocenters. The summed E-state index contributed by atoms with van der Waals surface area (Å²) in [6.45, 7) is 0.895. The predicted octanol–water partition coefficient (Wildman–Crippen LogP) is 1.39. The van der Waals surface area contributed by atoms with Gasteiger partial charge in [0.25, 0.3) is 5.91 Å². The van der Waals surface area contributed by atoms with Gasteiger partial charge in [0, 0.05) is 25.5 Å². The lowest BCUT2D eigenvalue weighted by Gasteiger charge is -2.38. The van der Waals surface area contributed by atoms with Crippen LogP contribution in [0.2, 0.25) is 0 Å². The number of rotatable bonds is 2. The van der Waals surface area contributed by atoms with E-state index in [9.17, 15) is 18.0 Å². The maximum Gasteiger partial charge on any atom is 0.433 e. The standard InChI is InChI=1S/C12H10F3N5O/c13-12(14,15)10-2-1-8(5-16-10)11(21)19-6-9(7-19)20-4-3-17-18-20/h1-5,9H,6-7H2. The zero-order chi connectivity index (χ0) is 15.0. The fourth-order valence-electron chi connectivity index (χ4n) is 2.07. The second kappa shape index (κ2) is 4.83. The first-order chi connectivity index (χ1) is 9.95. The Balaban J connectivity index is 1.64. The molecule has 6 nitrogen and oxygen atoms in total. The van der Waals surface area contributed by atoms with Crippen molar-refractivity contribution in [2.75, 3.05) is 13.1 Å². The largest absolute Gasteiger partial charge is 0.433 e. The van der Waals surface area contributed by atoms with Crippen LogP contribution in [0.15, 0.2) is 30.7 Å². The molecule has 1 aliphatic rings. The molecule has 0 N–H and O–H groups in total. The van der Waals surface area contributed by atoms with Crippen LogP contribution in [0.3, 0.4) is 0 Å². The van der Waals surface area contributed by atoms with E-state index in [-0.39, 0.29) is 17.5 Å². The molecule has 21 heavy (non-hydrogen) atoms. The number of carbonyl (C=O) groups is 1. The van der Waals surface area contributed by atoms with Crippen molar-refractivity contribution in [3.8, 4) is 0 Å². The molecule has 0 saturated carbocycles. The first kappa shape index (κ1) is 13.5. The lowest BCUT2D eigenvalue weighted by Crippen LogP contribution is -2.50. The quantitative estimate of drug-likeness (QED) is 0.840. The lowest BCUT2D eigenvalue weighted by atomic mass is 10.1. The Kier molecular flexibility index (Phi) is 3.11. The summed E-state index contributed by atoms with van der Waals surface area (Å²) in [5.41, 5.74) is -0.872. The van der Waals surface area contributed by atoms with Crippen LogP contribution in [-0.2, 0) is 6.18 Å². The van der Waals surface area contributed by atoms with Crippen molar-refractivity contribution >= 4 is 5.91 Å². The average Bonchev–Trinajstić information content (AvgIpc) is 2.90. The molecule has 1 amide bonds. The molecule has 3 heterocycles. The highest BCUT2D eigenvalue weighted by atomic mass is 19.4. The van der Waals surface area contributed by atoms with Crippen LogP contribution in [0.5, 0.6) is 0 Å². The third kappa shape index (κ3) is 2.58. The van der Waals surface area contributed by atoms with Crippen molar-refractivity contribution < 1.29 is 18.0 Å². The molecule has 1 fully saturated rings. The van der Waals surface area contributed by atoms with E-state index in [2.05, 4.69) is 15.3 Å². The van der Waals surface area contributed by atoms with Crippen LogP contribution >= 0.6 is 0 Å². The molecule has 110 valence electrons. The molecule has 0 spiro atoms. The number of aromatic nitrogens is 4. The summed E-state index contributed by atoms with van der Waals surface area (Å²) in [6, 6.07) is 2.00. The number of alkyl halides is 3. The van der Waals surface area contributed by atoms with Crippen LogP contribution in [0.25, 0.3) is 0 Å². The lowest BCUT2D eigenvalue weighted by molar-refractivity contribution is -0.141. The van der Waals surface area contributed by atoms with E-state index >= 15 is 0 Å². The average molecular weight is 297 g/mol. The van der Waals surface area contributed by atoms with Crippen LogP contribution in [0.4, 0.5) is 13.2 Å². The van der Waals surface area contributed by atoms with E-state index in [0.717, 1.165) is 18.3 Å². The monoisotopic (exact) mass is 297 g/mol. The topological polar surface area (TPSA) is 63.9 Å². The van der Waals surface area contributed by atoms with Gasteiger partial charge in [0.1, 0.15) is 5.69 Å². The fourth-order valence-corrected chi connectivity index (χ4v) is 2.07. The molecule has 1 aliphatic heterocycles. The summed E-state index contributed by atoms with van der Waals surface area (Å²) >= 11 is 0. The van der Waals surface area contributed by atoms with Gasteiger partial charge < -0.3 is 4.90 Å². The fraction of sp³-hybridized carbons (Fsp3) is 0.333. The van der Waals surface area contributed by atoms with E-state index < -0.39 is 11.9 Å². The van der Waals surface area contributed by atoms with Crippen LogP contribution in [0, 0.1) is 0 Å². The molecule has 0 atom stereocenters. The molecular weight excluding hydrogens is 287 g/mol. The SMILES string of the molecule is O=C(c1ccc(C(F)(F)F)nc1)N1CC(n2ccnn2)C1. The summed E-state index contributed by atoms with van der Waals surface area (Å²) in [5, 5.41) is 7.51. The number of likely N-dealkylation sites (tertiary alicyclic amines) is 1. The number of pyridine rings is 1. The van der Waals surface area contributed by atoms with Gasteiger partial charge in [-0.05, 0) is 12.1 Å². The molecule has 0 bridgehead atoms. The van der Waals surface area contributed by atoms with Gasteiger partial charge in [-0.3, -0.25) is 9.78 Å². The summed E-state index contributed by atoms with van der Waals surface area (Å²) in [6.07, 6.45) is -0.305.